The maximum atomic E-state index is 12.6. The number of thioether (sulfide) groups is 1. The van der Waals surface area contributed by atoms with Crippen LogP contribution in [-0.2, 0) is 19.4 Å². The van der Waals surface area contributed by atoms with Gasteiger partial charge in [-0.25, -0.2) is 8.42 Å². The lowest BCUT2D eigenvalue weighted by atomic mass is 10.2. The first kappa shape index (κ1) is 20.6. The Kier molecular flexibility index (Phi) is 6.21. The van der Waals surface area contributed by atoms with Gasteiger partial charge in [0.15, 0.2) is 9.84 Å². The van der Waals surface area contributed by atoms with E-state index in [9.17, 15) is 18.0 Å². The minimum atomic E-state index is -3.23. The van der Waals surface area contributed by atoms with Crippen LogP contribution in [0.3, 0.4) is 0 Å². The van der Waals surface area contributed by atoms with E-state index >= 15 is 0 Å². The summed E-state index contributed by atoms with van der Waals surface area (Å²) < 4.78 is 28.2. The fraction of sp³-hybridized carbons (Fsp3) is 0.278. The van der Waals surface area contributed by atoms with Crippen molar-refractivity contribution in [2.75, 3.05) is 19.4 Å². The summed E-state index contributed by atoms with van der Waals surface area (Å²) in [6.07, 6.45) is 3.23. The third-order valence-corrected chi connectivity index (χ3v) is 6.90. The molecule has 0 aromatic heterocycles. The largest absolute Gasteiger partial charge is 0.497 e. The van der Waals surface area contributed by atoms with Gasteiger partial charge in [0.05, 0.1) is 23.8 Å². The van der Waals surface area contributed by atoms with Gasteiger partial charge in [-0.3, -0.25) is 14.5 Å². The Morgan fingerprint density at radius 3 is 2.71 bits per heavy atom. The van der Waals surface area contributed by atoms with Crippen molar-refractivity contribution in [1.82, 2.24) is 10.2 Å². The van der Waals surface area contributed by atoms with Gasteiger partial charge in [-0.15, -0.1) is 0 Å². The van der Waals surface area contributed by atoms with Crippen molar-refractivity contribution >= 4 is 56.0 Å². The number of sulfone groups is 1. The number of nitrogens with zero attached hydrogens (tertiary/aromatic N) is 1. The SMILES string of the molecule is COc1ccc(/C=C2/SC(=S)N(CCC(=O)NC3C=CS(=O)(=O)C3)C2=O)cc1. The molecule has 1 saturated heterocycles. The summed E-state index contributed by atoms with van der Waals surface area (Å²) in [7, 11) is -1.65. The molecule has 0 spiro atoms. The van der Waals surface area contributed by atoms with Crippen LogP contribution in [0.25, 0.3) is 6.08 Å². The standard InChI is InChI=1S/C18H18N2O5S3/c1-25-14-4-2-12(3-5-14)10-15-17(22)20(18(26)27-15)8-6-16(21)19-13-7-9-28(23,24)11-13/h2-5,7,9-10,13H,6,8,11H2,1H3,(H,19,21)/b15-10+. The summed E-state index contributed by atoms with van der Waals surface area (Å²) in [5, 5.41) is 3.73. The first-order valence-electron chi connectivity index (χ1n) is 8.37. The first-order valence-corrected chi connectivity index (χ1v) is 11.3. The highest BCUT2D eigenvalue weighted by Crippen LogP contribution is 2.32. The third kappa shape index (κ3) is 5.00. The van der Waals surface area contributed by atoms with Crippen LogP contribution in [0.4, 0.5) is 0 Å². The van der Waals surface area contributed by atoms with Crippen LogP contribution in [0.1, 0.15) is 12.0 Å². The van der Waals surface area contributed by atoms with E-state index in [4.69, 9.17) is 17.0 Å². The van der Waals surface area contributed by atoms with Gasteiger partial charge in [0, 0.05) is 18.4 Å². The van der Waals surface area contributed by atoms with Crippen molar-refractivity contribution in [3.05, 3.63) is 46.2 Å². The lowest BCUT2D eigenvalue weighted by Gasteiger charge is -2.15. The Morgan fingerprint density at radius 1 is 1.39 bits per heavy atom. The molecule has 1 N–H and O–H groups in total. The molecule has 1 fully saturated rings. The van der Waals surface area contributed by atoms with Crippen molar-refractivity contribution < 1.29 is 22.7 Å². The average Bonchev–Trinajstić information content (AvgIpc) is 3.12. The van der Waals surface area contributed by atoms with E-state index in [0.717, 1.165) is 16.7 Å². The number of ether oxygens (including phenoxy) is 1. The molecule has 10 heteroatoms. The smallest absolute Gasteiger partial charge is 0.266 e. The number of carbonyl (C=O) groups is 2. The van der Waals surface area contributed by atoms with Crippen molar-refractivity contribution in [2.45, 2.75) is 12.5 Å². The summed E-state index contributed by atoms with van der Waals surface area (Å²) >= 11 is 6.45. The Balaban J connectivity index is 1.57. The Labute approximate surface area is 172 Å². The predicted octanol–water partition coefficient (Wildman–Crippen LogP) is 1.71. The van der Waals surface area contributed by atoms with Gasteiger partial charge in [0.1, 0.15) is 10.1 Å². The summed E-state index contributed by atoms with van der Waals surface area (Å²) in [6.45, 7) is 0.139. The normalized spacial score (nSPS) is 22.1. The minimum absolute atomic E-state index is 0.0344. The molecule has 148 valence electrons. The molecule has 3 rings (SSSR count). The molecule has 2 aliphatic rings. The topological polar surface area (TPSA) is 92.8 Å². The van der Waals surface area contributed by atoms with E-state index in [1.54, 1.807) is 25.3 Å². The molecule has 0 radical (unpaired) electrons. The molecule has 1 atom stereocenters. The molecule has 2 amide bonds. The molecule has 2 aliphatic heterocycles. The highest BCUT2D eigenvalue weighted by Gasteiger charge is 2.32. The van der Waals surface area contributed by atoms with Gasteiger partial charge in [-0.1, -0.05) is 36.1 Å². The van der Waals surface area contributed by atoms with Crippen molar-refractivity contribution in [1.29, 1.82) is 0 Å². The van der Waals surface area contributed by atoms with Crippen LogP contribution in [-0.4, -0.2) is 54.9 Å². The highest BCUT2D eigenvalue weighted by molar-refractivity contribution is 8.26. The van der Waals surface area contributed by atoms with E-state index in [1.807, 2.05) is 12.1 Å². The van der Waals surface area contributed by atoms with Crippen LogP contribution in [0.2, 0.25) is 0 Å². The maximum absolute atomic E-state index is 12.6. The van der Waals surface area contributed by atoms with Crippen LogP contribution in [0, 0.1) is 0 Å². The Morgan fingerprint density at radius 2 is 2.11 bits per heavy atom. The van der Waals surface area contributed by atoms with E-state index in [-0.39, 0.29) is 30.5 Å². The molecular formula is C18H18N2O5S3. The summed E-state index contributed by atoms with van der Waals surface area (Å²) in [6, 6.07) is 6.74. The van der Waals surface area contributed by atoms with Gasteiger partial charge in [-0.05, 0) is 29.8 Å². The van der Waals surface area contributed by atoms with Gasteiger partial charge in [-0.2, -0.15) is 0 Å². The molecule has 7 nitrogen and oxygen atoms in total. The summed E-state index contributed by atoms with van der Waals surface area (Å²) in [4.78, 5) is 26.5. The van der Waals surface area contributed by atoms with Gasteiger partial charge >= 0.3 is 0 Å². The second kappa shape index (κ2) is 8.46. The van der Waals surface area contributed by atoms with Crippen molar-refractivity contribution in [2.24, 2.45) is 0 Å². The number of benzene rings is 1. The van der Waals surface area contributed by atoms with Crippen LogP contribution >= 0.6 is 24.0 Å². The number of carbonyl (C=O) groups excluding carboxylic acids is 2. The van der Waals surface area contributed by atoms with E-state index < -0.39 is 15.9 Å². The molecule has 0 aliphatic carbocycles. The molecule has 1 aromatic carbocycles. The quantitative estimate of drug-likeness (QED) is 0.534. The highest BCUT2D eigenvalue weighted by atomic mass is 32.2. The zero-order valence-electron chi connectivity index (χ0n) is 15.0. The van der Waals surface area contributed by atoms with Gasteiger partial charge in [0.25, 0.3) is 5.91 Å². The second-order valence-corrected chi connectivity index (χ2v) is 9.80. The van der Waals surface area contributed by atoms with Crippen LogP contribution in [0.5, 0.6) is 5.75 Å². The van der Waals surface area contributed by atoms with Gasteiger partial charge in [0.2, 0.25) is 5.91 Å². The number of rotatable bonds is 6. The number of methoxy groups -OCH3 is 1. The zero-order chi connectivity index (χ0) is 20.3. The Bertz CT molecular complexity index is 967. The molecule has 1 unspecified atom stereocenters. The molecule has 1 aromatic rings. The lowest BCUT2D eigenvalue weighted by molar-refractivity contribution is -0.124. The number of hydrogen-bond acceptors (Lipinski definition) is 7. The number of thiocarbonyl (C=S) groups is 1. The molecule has 28 heavy (non-hydrogen) atoms. The lowest BCUT2D eigenvalue weighted by Crippen LogP contribution is -2.38. The summed E-state index contributed by atoms with van der Waals surface area (Å²) in [5.74, 6) is 0.00669. The molecule has 0 saturated carbocycles. The molecular weight excluding hydrogens is 420 g/mol. The number of amides is 2. The summed E-state index contributed by atoms with van der Waals surface area (Å²) in [5.41, 5.74) is 0.841. The van der Waals surface area contributed by atoms with E-state index in [2.05, 4.69) is 5.32 Å². The van der Waals surface area contributed by atoms with Crippen LogP contribution in [0.15, 0.2) is 40.7 Å². The van der Waals surface area contributed by atoms with Crippen molar-refractivity contribution in [3.8, 4) is 5.75 Å². The monoisotopic (exact) mass is 438 g/mol. The average molecular weight is 439 g/mol. The van der Waals surface area contributed by atoms with Crippen LogP contribution < -0.4 is 10.1 Å². The fourth-order valence-electron chi connectivity index (χ4n) is 2.70. The molecule has 0 bridgehead atoms. The van der Waals surface area contributed by atoms with Crippen molar-refractivity contribution in [3.63, 3.8) is 0 Å². The second-order valence-electron chi connectivity index (χ2n) is 6.19. The minimum Gasteiger partial charge on any atom is -0.497 e. The number of hydrogen-bond donors (Lipinski definition) is 1. The predicted molar refractivity (Wildman–Crippen MR) is 112 cm³/mol. The zero-order valence-corrected chi connectivity index (χ0v) is 17.4. The molecule has 2 heterocycles. The van der Waals surface area contributed by atoms with Gasteiger partial charge < -0.3 is 10.1 Å². The van der Waals surface area contributed by atoms with E-state index in [1.165, 1.54) is 22.7 Å². The number of nitrogens with one attached hydrogen (secondary N) is 1. The fourth-order valence-corrected chi connectivity index (χ4v) is 5.25. The van der Waals surface area contributed by atoms with E-state index in [0.29, 0.717) is 9.23 Å². The first-order chi connectivity index (χ1) is 13.3. The third-order valence-electron chi connectivity index (χ3n) is 4.13. The Hall–Kier alpha value is -2.17. The maximum Gasteiger partial charge on any atom is 0.266 e.